The average molecular weight is 505 g/mol. The summed E-state index contributed by atoms with van der Waals surface area (Å²) in [6, 6.07) is 0. The van der Waals surface area contributed by atoms with E-state index in [4.69, 9.17) is 0 Å². The molecule has 34 heavy (non-hydrogen) atoms. The van der Waals surface area contributed by atoms with Gasteiger partial charge in [-0.2, -0.15) is 0 Å². The molecule has 0 aromatic carbocycles. The van der Waals surface area contributed by atoms with Crippen LogP contribution < -0.4 is 0 Å². The Balaban J connectivity index is 3.65. The number of aldehydes is 2. The van der Waals surface area contributed by atoms with Crippen molar-refractivity contribution in [2.24, 2.45) is 0 Å². The lowest BCUT2D eigenvalue weighted by molar-refractivity contribution is -0.890. The fourth-order valence-electron chi connectivity index (χ4n) is 4.58. The van der Waals surface area contributed by atoms with Gasteiger partial charge in [-0.1, -0.05) is 96.8 Å². The van der Waals surface area contributed by atoms with Crippen LogP contribution in [0.25, 0.3) is 0 Å². The second kappa shape index (κ2) is 19.6. The van der Waals surface area contributed by atoms with Gasteiger partial charge in [-0.25, -0.2) is 0 Å². The third kappa shape index (κ3) is 16.2. The van der Waals surface area contributed by atoms with Crippen molar-refractivity contribution in [3.05, 3.63) is 0 Å². The third-order valence-electron chi connectivity index (χ3n) is 7.16. The zero-order valence-electron chi connectivity index (χ0n) is 22.5. The summed E-state index contributed by atoms with van der Waals surface area (Å²) < 4.78 is 12.4. The minimum absolute atomic E-state index is 0.0939. The van der Waals surface area contributed by atoms with Crippen LogP contribution in [0.15, 0.2) is 0 Å². The lowest BCUT2D eigenvalue weighted by Crippen LogP contribution is -2.41. The molecule has 0 aliphatic rings. The number of carbonyl (C=O) groups excluding carboxylic acids is 2. The van der Waals surface area contributed by atoms with E-state index in [2.05, 4.69) is 21.0 Å². The van der Waals surface area contributed by atoms with Crippen molar-refractivity contribution in [3.63, 3.8) is 0 Å². The largest absolute Gasteiger partial charge is 0.345 e. The summed E-state index contributed by atoms with van der Waals surface area (Å²) in [5.74, 6) is 0. The van der Waals surface area contributed by atoms with Crippen molar-refractivity contribution >= 4 is 20.2 Å². The van der Waals surface area contributed by atoms with Crippen molar-refractivity contribution < 1.29 is 28.4 Å². The molecule has 202 valence electrons. The number of carbonyl (C=O) groups is 2. The third-order valence-corrected chi connectivity index (χ3v) is 8.68. The molecule has 0 spiro atoms. The van der Waals surface area contributed by atoms with Gasteiger partial charge >= 0.3 is 7.60 Å². The number of hydrogen-bond donors (Lipinski definition) is 2. The molecule has 6 nitrogen and oxygen atoms in total. The van der Waals surface area contributed by atoms with Gasteiger partial charge in [0.1, 0.15) is 12.6 Å². The normalized spacial score (nSPS) is 12.7. The number of quaternary nitrogens is 1. The summed E-state index contributed by atoms with van der Waals surface area (Å²) in [5, 5.41) is -2.17. The molecule has 0 heterocycles. The highest BCUT2D eigenvalue weighted by Crippen LogP contribution is 2.50. The predicted octanol–water partition coefficient (Wildman–Crippen LogP) is 6.81. The van der Waals surface area contributed by atoms with Crippen LogP contribution in [0.5, 0.6) is 0 Å². The molecule has 0 fully saturated rings. The highest BCUT2D eigenvalue weighted by molar-refractivity contribution is 7.55. The standard InChI is InChI=1S/C27H54NO5P/c1-4-5-6-7-8-9-10-11-12-13-14-15-16-17-18-20-23-28(2,3)24-21-19-22-27(25-29,26-30)34(31,32)33/h25-26H,4-24H2,1-3H3,(H-,31,32,33)/p+1. The van der Waals surface area contributed by atoms with E-state index in [9.17, 15) is 23.9 Å². The summed E-state index contributed by atoms with van der Waals surface area (Å²) in [5.41, 5.74) is 0. The van der Waals surface area contributed by atoms with E-state index in [0.29, 0.717) is 6.42 Å². The van der Waals surface area contributed by atoms with Gasteiger partial charge in [0.05, 0.1) is 27.2 Å². The minimum Gasteiger partial charge on any atom is -0.328 e. The van der Waals surface area contributed by atoms with Crippen LogP contribution in [-0.4, -0.2) is 59.2 Å². The molecular weight excluding hydrogens is 449 g/mol. The fraction of sp³-hybridized carbons (Fsp3) is 0.926. The van der Waals surface area contributed by atoms with Gasteiger partial charge in [0, 0.05) is 0 Å². The van der Waals surface area contributed by atoms with Crippen LogP contribution in [0, 0.1) is 0 Å². The van der Waals surface area contributed by atoms with Crippen LogP contribution in [0.1, 0.15) is 129 Å². The van der Waals surface area contributed by atoms with Gasteiger partial charge in [-0.3, -0.25) is 4.57 Å². The Morgan fingerprint density at radius 1 is 0.618 bits per heavy atom. The number of nitrogens with zero attached hydrogens (tertiary/aromatic N) is 1. The molecule has 0 saturated heterocycles. The Bertz CT molecular complexity index is 553. The summed E-state index contributed by atoms with van der Waals surface area (Å²) in [6.45, 7) is 4.21. The van der Waals surface area contributed by atoms with E-state index in [1.165, 1.54) is 103 Å². The molecule has 7 heteroatoms. The van der Waals surface area contributed by atoms with E-state index in [1.807, 2.05) is 0 Å². The van der Waals surface area contributed by atoms with E-state index in [-0.39, 0.29) is 19.0 Å². The maximum Gasteiger partial charge on any atom is 0.345 e. The number of hydrogen-bond acceptors (Lipinski definition) is 3. The van der Waals surface area contributed by atoms with Gasteiger partial charge in [-0.15, -0.1) is 0 Å². The van der Waals surface area contributed by atoms with Crippen LogP contribution in [0.3, 0.4) is 0 Å². The zero-order chi connectivity index (χ0) is 25.8. The van der Waals surface area contributed by atoms with Crippen LogP contribution in [-0.2, 0) is 14.2 Å². The summed E-state index contributed by atoms with van der Waals surface area (Å²) in [6.07, 6.45) is 23.1. The highest BCUT2D eigenvalue weighted by atomic mass is 31.2. The molecule has 0 aliphatic heterocycles. The first-order chi connectivity index (χ1) is 16.1. The van der Waals surface area contributed by atoms with Crippen LogP contribution in [0.4, 0.5) is 0 Å². The second-order valence-electron chi connectivity index (χ2n) is 10.9. The van der Waals surface area contributed by atoms with Gasteiger partial charge < -0.3 is 23.9 Å². The zero-order valence-corrected chi connectivity index (χ0v) is 23.4. The van der Waals surface area contributed by atoms with Crippen molar-refractivity contribution in [2.75, 3.05) is 27.2 Å². The fourth-order valence-corrected chi connectivity index (χ4v) is 5.30. The second-order valence-corrected chi connectivity index (χ2v) is 12.8. The van der Waals surface area contributed by atoms with Gasteiger partial charge in [0.15, 0.2) is 5.16 Å². The number of unbranched alkanes of at least 4 members (excludes halogenated alkanes) is 16. The molecule has 0 rings (SSSR count). The Morgan fingerprint density at radius 2 is 0.941 bits per heavy atom. The maximum atomic E-state index is 11.5. The first-order valence-electron chi connectivity index (χ1n) is 13.9. The summed E-state index contributed by atoms with van der Waals surface area (Å²) in [7, 11) is -0.441. The summed E-state index contributed by atoms with van der Waals surface area (Å²) >= 11 is 0. The maximum absolute atomic E-state index is 11.5. The van der Waals surface area contributed by atoms with E-state index in [1.54, 1.807) is 0 Å². The molecule has 0 unspecified atom stereocenters. The quantitative estimate of drug-likeness (QED) is 0.0468. The van der Waals surface area contributed by atoms with E-state index in [0.717, 1.165) is 24.0 Å². The Labute approximate surface area is 210 Å². The van der Waals surface area contributed by atoms with Gasteiger partial charge in [0.25, 0.3) is 0 Å². The molecular formula is C27H55NO5P+. The molecule has 0 saturated carbocycles. The lowest BCUT2D eigenvalue weighted by Gasteiger charge is -2.30. The average Bonchev–Trinajstić information content (AvgIpc) is 2.78. The molecule has 0 aromatic rings. The summed E-state index contributed by atoms with van der Waals surface area (Å²) in [4.78, 5) is 41.0. The highest BCUT2D eigenvalue weighted by Gasteiger charge is 2.46. The lowest BCUT2D eigenvalue weighted by atomic mass is 10.0. The van der Waals surface area contributed by atoms with E-state index < -0.39 is 12.8 Å². The topological polar surface area (TPSA) is 91.7 Å². The molecule has 0 aliphatic carbocycles. The minimum atomic E-state index is -4.78. The van der Waals surface area contributed by atoms with Crippen molar-refractivity contribution in [3.8, 4) is 0 Å². The molecule has 0 atom stereocenters. The first kappa shape index (κ1) is 33.4. The molecule has 2 N–H and O–H groups in total. The SMILES string of the molecule is CCCCCCCCCCCCCCCCCC[N+](C)(C)CCCCC(C=O)(C=O)P(=O)(O)O. The van der Waals surface area contributed by atoms with Crippen LogP contribution in [0.2, 0.25) is 0 Å². The predicted molar refractivity (Wildman–Crippen MR) is 142 cm³/mol. The molecule has 0 aromatic heterocycles. The Morgan fingerprint density at radius 3 is 1.26 bits per heavy atom. The van der Waals surface area contributed by atoms with Crippen LogP contribution >= 0.6 is 7.60 Å². The first-order valence-corrected chi connectivity index (χ1v) is 15.6. The number of rotatable bonds is 25. The molecule has 0 radical (unpaired) electrons. The van der Waals surface area contributed by atoms with Crippen molar-refractivity contribution in [1.82, 2.24) is 0 Å². The molecule has 0 bridgehead atoms. The smallest absolute Gasteiger partial charge is 0.328 e. The Kier molecular flexibility index (Phi) is 19.3. The van der Waals surface area contributed by atoms with Gasteiger partial charge in [-0.05, 0) is 32.1 Å². The van der Waals surface area contributed by atoms with Gasteiger partial charge in [0.2, 0.25) is 0 Å². The molecule has 0 amide bonds. The van der Waals surface area contributed by atoms with Crippen molar-refractivity contribution in [1.29, 1.82) is 0 Å². The monoisotopic (exact) mass is 504 g/mol. The van der Waals surface area contributed by atoms with Crippen molar-refractivity contribution in [2.45, 2.75) is 134 Å². The Hall–Kier alpha value is -0.550. The van der Waals surface area contributed by atoms with E-state index >= 15 is 0 Å².